The molecule has 0 aliphatic carbocycles. The van der Waals surface area contributed by atoms with E-state index in [1.54, 1.807) is 30.3 Å². The van der Waals surface area contributed by atoms with E-state index in [1.807, 2.05) is 0 Å². The Morgan fingerprint density at radius 2 is 1.68 bits per heavy atom. The average Bonchev–Trinajstić information content (AvgIpc) is 2.33. The number of halogens is 2. The molecule has 2 aromatic rings. The summed E-state index contributed by atoms with van der Waals surface area (Å²) in [6, 6.07) is 11.2. The van der Waals surface area contributed by atoms with Crippen LogP contribution in [0.1, 0.15) is 5.56 Å². The predicted octanol–water partition coefficient (Wildman–Crippen LogP) is 2.91. The summed E-state index contributed by atoms with van der Waals surface area (Å²) in [5.74, 6) is -1.98. The highest BCUT2D eigenvalue weighted by Gasteiger charge is 2.14. The van der Waals surface area contributed by atoms with Crippen LogP contribution in [-0.2, 0) is 15.8 Å². The van der Waals surface area contributed by atoms with E-state index < -0.39 is 21.7 Å². The maximum atomic E-state index is 13.4. The van der Waals surface area contributed by atoms with Gasteiger partial charge >= 0.3 is 0 Å². The highest BCUT2D eigenvalue weighted by atomic mass is 32.2. The van der Waals surface area contributed by atoms with Gasteiger partial charge in [-0.2, -0.15) is 0 Å². The van der Waals surface area contributed by atoms with Gasteiger partial charge in [0.1, 0.15) is 11.6 Å². The van der Waals surface area contributed by atoms with Gasteiger partial charge in [0, 0.05) is 6.07 Å². The van der Waals surface area contributed by atoms with Crippen molar-refractivity contribution in [3.8, 4) is 0 Å². The Morgan fingerprint density at radius 3 is 2.32 bits per heavy atom. The SMILES string of the molecule is O=S(=O)(Cc1ccccc1)Nc1ccc(F)cc1F. The zero-order chi connectivity index (χ0) is 13.9. The number of hydrogen-bond acceptors (Lipinski definition) is 2. The third kappa shape index (κ3) is 3.75. The first-order valence-corrected chi connectivity index (χ1v) is 7.11. The molecule has 1 N–H and O–H groups in total. The summed E-state index contributed by atoms with van der Waals surface area (Å²) in [5.41, 5.74) is 0.315. The van der Waals surface area contributed by atoms with Crippen LogP contribution in [0.5, 0.6) is 0 Å². The molecular formula is C13H11F2NO2S. The van der Waals surface area contributed by atoms with Crippen LogP contribution in [0.15, 0.2) is 48.5 Å². The summed E-state index contributed by atoms with van der Waals surface area (Å²) in [6.07, 6.45) is 0. The van der Waals surface area contributed by atoms with E-state index in [4.69, 9.17) is 0 Å². The van der Waals surface area contributed by atoms with Gasteiger partial charge in [-0.05, 0) is 17.7 Å². The first-order valence-electron chi connectivity index (χ1n) is 5.46. The van der Waals surface area contributed by atoms with Crippen molar-refractivity contribution >= 4 is 15.7 Å². The van der Waals surface area contributed by atoms with Crippen molar-refractivity contribution in [2.75, 3.05) is 4.72 Å². The van der Waals surface area contributed by atoms with E-state index >= 15 is 0 Å². The summed E-state index contributed by atoms with van der Waals surface area (Å²) in [7, 11) is -3.74. The van der Waals surface area contributed by atoms with Crippen molar-refractivity contribution in [2.24, 2.45) is 0 Å². The van der Waals surface area contributed by atoms with Crippen molar-refractivity contribution in [3.63, 3.8) is 0 Å². The molecule has 0 bridgehead atoms. The average molecular weight is 283 g/mol. The third-order valence-corrected chi connectivity index (χ3v) is 3.64. The molecule has 100 valence electrons. The standard InChI is InChI=1S/C13H11F2NO2S/c14-11-6-7-13(12(15)8-11)16-19(17,18)9-10-4-2-1-3-5-10/h1-8,16H,9H2. The summed E-state index contributed by atoms with van der Waals surface area (Å²) in [4.78, 5) is 0. The first-order chi connectivity index (χ1) is 8.96. The van der Waals surface area contributed by atoms with E-state index in [0.29, 0.717) is 11.6 Å². The van der Waals surface area contributed by atoms with E-state index in [-0.39, 0.29) is 11.4 Å². The number of benzene rings is 2. The molecular weight excluding hydrogens is 272 g/mol. The fourth-order valence-electron chi connectivity index (χ4n) is 1.57. The van der Waals surface area contributed by atoms with Gasteiger partial charge in [-0.15, -0.1) is 0 Å². The fraction of sp³-hybridized carbons (Fsp3) is 0.0769. The summed E-state index contributed by atoms with van der Waals surface area (Å²) in [6.45, 7) is 0. The van der Waals surface area contributed by atoms with E-state index in [2.05, 4.69) is 4.72 Å². The molecule has 0 unspecified atom stereocenters. The van der Waals surface area contributed by atoms with E-state index in [0.717, 1.165) is 12.1 Å². The number of sulfonamides is 1. The van der Waals surface area contributed by atoms with Crippen molar-refractivity contribution in [2.45, 2.75) is 5.75 Å². The third-order valence-electron chi connectivity index (χ3n) is 2.40. The predicted molar refractivity (Wildman–Crippen MR) is 69.0 cm³/mol. The van der Waals surface area contributed by atoms with Crippen LogP contribution >= 0.6 is 0 Å². The molecule has 0 saturated carbocycles. The molecule has 3 nitrogen and oxygen atoms in total. The van der Waals surface area contributed by atoms with Crippen LogP contribution in [0.25, 0.3) is 0 Å². The van der Waals surface area contributed by atoms with Crippen molar-refractivity contribution in [1.82, 2.24) is 0 Å². The smallest absolute Gasteiger partial charge is 0.237 e. The minimum Gasteiger partial charge on any atom is -0.280 e. The minimum atomic E-state index is -3.74. The molecule has 6 heteroatoms. The van der Waals surface area contributed by atoms with Gasteiger partial charge in [0.15, 0.2) is 0 Å². The Morgan fingerprint density at radius 1 is 1.00 bits per heavy atom. The Labute approximate surface area is 109 Å². The lowest BCUT2D eigenvalue weighted by molar-refractivity contribution is 0.582. The van der Waals surface area contributed by atoms with Gasteiger partial charge in [0.2, 0.25) is 10.0 Å². The molecule has 0 spiro atoms. The van der Waals surface area contributed by atoms with E-state index in [9.17, 15) is 17.2 Å². The van der Waals surface area contributed by atoms with Crippen molar-refractivity contribution < 1.29 is 17.2 Å². The monoisotopic (exact) mass is 283 g/mol. The summed E-state index contributed by atoms with van der Waals surface area (Å²) < 4.78 is 51.8. The van der Waals surface area contributed by atoms with Crippen molar-refractivity contribution in [3.05, 3.63) is 65.7 Å². The molecule has 0 amide bonds. The van der Waals surface area contributed by atoms with Crippen LogP contribution in [0, 0.1) is 11.6 Å². The largest absolute Gasteiger partial charge is 0.280 e. The Bertz CT molecular complexity index is 672. The normalized spacial score (nSPS) is 11.3. The molecule has 0 fully saturated rings. The summed E-state index contributed by atoms with van der Waals surface area (Å²) in [5, 5.41) is 0. The molecule has 0 aromatic heterocycles. The second-order valence-electron chi connectivity index (χ2n) is 3.97. The molecule has 2 rings (SSSR count). The van der Waals surface area contributed by atoms with Crippen LogP contribution < -0.4 is 4.72 Å². The van der Waals surface area contributed by atoms with Crippen molar-refractivity contribution in [1.29, 1.82) is 0 Å². The zero-order valence-corrected chi connectivity index (χ0v) is 10.6. The van der Waals surface area contributed by atoms with Gasteiger partial charge < -0.3 is 0 Å². The Hall–Kier alpha value is -1.95. The van der Waals surface area contributed by atoms with Crippen LogP contribution in [0.4, 0.5) is 14.5 Å². The molecule has 0 heterocycles. The first kappa shape index (κ1) is 13.5. The topological polar surface area (TPSA) is 46.2 Å². The zero-order valence-electron chi connectivity index (χ0n) is 9.81. The van der Waals surface area contributed by atoms with Gasteiger partial charge in [-0.1, -0.05) is 30.3 Å². The molecule has 19 heavy (non-hydrogen) atoms. The van der Waals surface area contributed by atoms with Crippen LogP contribution in [0.3, 0.4) is 0 Å². The van der Waals surface area contributed by atoms with Gasteiger partial charge in [-0.25, -0.2) is 17.2 Å². The number of nitrogens with one attached hydrogen (secondary N) is 1. The molecule has 0 aliphatic rings. The molecule has 0 radical (unpaired) electrons. The molecule has 0 saturated heterocycles. The quantitative estimate of drug-likeness (QED) is 0.937. The lowest BCUT2D eigenvalue weighted by Gasteiger charge is -2.09. The molecule has 2 aromatic carbocycles. The maximum absolute atomic E-state index is 13.4. The highest BCUT2D eigenvalue weighted by molar-refractivity contribution is 7.91. The lowest BCUT2D eigenvalue weighted by Crippen LogP contribution is -2.16. The fourth-order valence-corrected chi connectivity index (χ4v) is 2.77. The number of hydrogen-bond donors (Lipinski definition) is 1. The lowest BCUT2D eigenvalue weighted by atomic mass is 10.2. The Balaban J connectivity index is 2.17. The van der Waals surface area contributed by atoms with Gasteiger partial charge in [0.05, 0.1) is 11.4 Å². The Kier molecular flexibility index (Phi) is 3.80. The number of anilines is 1. The maximum Gasteiger partial charge on any atom is 0.237 e. The highest BCUT2D eigenvalue weighted by Crippen LogP contribution is 2.17. The van der Waals surface area contributed by atoms with E-state index in [1.165, 1.54) is 0 Å². The number of rotatable bonds is 4. The van der Waals surface area contributed by atoms with Crippen LogP contribution in [-0.4, -0.2) is 8.42 Å². The second kappa shape index (κ2) is 5.36. The molecule has 0 aliphatic heterocycles. The minimum absolute atomic E-state index is 0.266. The molecule has 0 atom stereocenters. The second-order valence-corrected chi connectivity index (χ2v) is 5.69. The summed E-state index contributed by atoms with van der Waals surface area (Å²) >= 11 is 0. The van der Waals surface area contributed by atoms with Gasteiger partial charge in [-0.3, -0.25) is 4.72 Å². The van der Waals surface area contributed by atoms with Gasteiger partial charge in [0.25, 0.3) is 0 Å². The van der Waals surface area contributed by atoms with Crippen LogP contribution in [0.2, 0.25) is 0 Å².